The molecule has 0 aromatic heterocycles. The molecule has 16 heavy (non-hydrogen) atoms. The van der Waals surface area contributed by atoms with Crippen LogP contribution < -0.4 is 5.73 Å². The van der Waals surface area contributed by atoms with Gasteiger partial charge in [0.2, 0.25) is 0 Å². The van der Waals surface area contributed by atoms with E-state index in [0.717, 1.165) is 29.6 Å². The molecule has 2 rings (SSSR count). The van der Waals surface area contributed by atoms with E-state index in [1.54, 1.807) is 0 Å². The quantitative estimate of drug-likeness (QED) is 0.774. The van der Waals surface area contributed by atoms with Crippen LogP contribution in [0.15, 0.2) is 0 Å². The highest BCUT2D eigenvalue weighted by Crippen LogP contribution is 2.38. The molecule has 2 aliphatic rings. The van der Waals surface area contributed by atoms with Gasteiger partial charge in [0.1, 0.15) is 0 Å². The van der Waals surface area contributed by atoms with Crippen LogP contribution in [-0.2, 0) is 4.74 Å². The SMILES string of the molecule is CC1OCCC1SC1CCCCCC1CN. The van der Waals surface area contributed by atoms with Crippen molar-refractivity contribution in [1.82, 2.24) is 0 Å². The van der Waals surface area contributed by atoms with Crippen molar-refractivity contribution in [2.45, 2.75) is 62.1 Å². The van der Waals surface area contributed by atoms with E-state index in [1.807, 2.05) is 0 Å². The fourth-order valence-electron chi connectivity index (χ4n) is 2.91. The maximum Gasteiger partial charge on any atom is 0.0666 e. The smallest absolute Gasteiger partial charge is 0.0666 e. The van der Waals surface area contributed by atoms with Gasteiger partial charge >= 0.3 is 0 Å². The third-order valence-corrected chi connectivity index (χ3v) is 5.99. The monoisotopic (exact) mass is 243 g/mol. The van der Waals surface area contributed by atoms with E-state index < -0.39 is 0 Å². The second-order valence-corrected chi connectivity index (χ2v) is 6.69. The molecule has 0 aromatic rings. The van der Waals surface area contributed by atoms with Gasteiger partial charge in [-0.05, 0) is 38.6 Å². The van der Waals surface area contributed by atoms with E-state index in [4.69, 9.17) is 10.5 Å². The summed E-state index contributed by atoms with van der Waals surface area (Å²) in [5, 5.41) is 1.51. The van der Waals surface area contributed by atoms with E-state index in [1.165, 1.54) is 38.5 Å². The zero-order valence-electron chi connectivity index (χ0n) is 10.4. The minimum Gasteiger partial charge on any atom is -0.377 e. The molecule has 0 aromatic carbocycles. The van der Waals surface area contributed by atoms with Crippen LogP contribution in [0.25, 0.3) is 0 Å². The molecular weight excluding hydrogens is 218 g/mol. The zero-order chi connectivity index (χ0) is 11.4. The minimum absolute atomic E-state index is 0.451. The lowest BCUT2D eigenvalue weighted by Gasteiger charge is -2.27. The van der Waals surface area contributed by atoms with Crippen LogP contribution in [0, 0.1) is 5.92 Å². The summed E-state index contributed by atoms with van der Waals surface area (Å²) in [5.74, 6) is 0.750. The highest BCUT2D eigenvalue weighted by Gasteiger charge is 2.31. The van der Waals surface area contributed by atoms with Gasteiger partial charge < -0.3 is 10.5 Å². The van der Waals surface area contributed by atoms with Gasteiger partial charge in [-0.25, -0.2) is 0 Å². The maximum absolute atomic E-state index is 5.93. The summed E-state index contributed by atoms with van der Waals surface area (Å²) in [6.45, 7) is 4.05. The Kier molecular flexibility index (Phi) is 4.98. The number of ether oxygens (including phenoxy) is 1. The lowest BCUT2D eigenvalue weighted by Crippen LogP contribution is -2.28. The first kappa shape index (κ1) is 12.7. The first-order valence-corrected chi connectivity index (χ1v) is 7.72. The van der Waals surface area contributed by atoms with Gasteiger partial charge in [0.25, 0.3) is 0 Å². The average molecular weight is 243 g/mol. The molecule has 2 fully saturated rings. The highest BCUT2D eigenvalue weighted by molar-refractivity contribution is 8.00. The topological polar surface area (TPSA) is 35.2 Å². The standard InChI is InChI=1S/C13H25NOS/c1-10-12(7-8-15-10)16-13-6-4-2-3-5-11(13)9-14/h10-13H,2-9,14H2,1H3. The number of rotatable bonds is 3. The molecule has 0 bridgehead atoms. The van der Waals surface area contributed by atoms with Crippen molar-refractivity contribution in [1.29, 1.82) is 0 Å². The Balaban J connectivity index is 1.89. The summed E-state index contributed by atoms with van der Waals surface area (Å²) in [7, 11) is 0. The van der Waals surface area contributed by atoms with Crippen molar-refractivity contribution in [3.8, 4) is 0 Å². The first-order valence-electron chi connectivity index (χ1n) is 6.78. The predicted molar refractivity (Wildman–Crippen MR) is 70.8 cm³/mol. The molecule has 0 amide bonds. The van der Waals surface area contributed by atoms with Crippen molar-refractivity contribution in [3.63, 3.8) is 0 Å². The molecule has 0 radical (unpaired) electrons. The fraction of sp³-hybridized carbons (Fsp3) is 1.00. The highest BCUT2D eigenvalue weighted by atomic mass is 32.2. The Morgan fingerprint density at radius 1 is 1.12 bits per heavy atom. The molecule has 1 saturated heterocycles. The number of hydrogen-bond acceptors (Lipinski definition) is 3. The molecule has 1 aliphatic carbocycles. The van der Waals surface area contributed by atoms with E-state index in [0.29, 0.717) is 6.10 Å². The molecule has 1 saturated carbocycles. The summed E-state index contributed by atoms with van der Waals surface area (Å²) < 4.78 is 5.66. The van der Waals surface area contributed by atoms with Gasteiger partial charge in [0, 0.05) is 17.1 Å². The molecule has 4 unspecified atom stereocenters. The summed E-state index contributed by atoms with van der Waals surface area (Å²) in [6, 6.07) is 0. The van der Waals surface area contributed by atoms with Crippen LogP contribution in [0.3, 0.4) is 0 Å². The molecule has 94 valence electrons. The van der Waals surface area contributed by atoms with E-state index in [9.17, 15) is 0 Å². The van der Waals surface area contributed by atoms with Crippen molar-refractivity contribution in [2.24, 2.45) is 11.7 Å². The normalized spacial score (nSPS) is 40.9. The Bertz CT molecular complexity index is 212. The van der Waals surface area contributed by atoms with Gasteiger partial charge in [-0.15, -0.1) is 0 Å². The molecule has 2 nitrogen and oxygen atoms in total. The predicted octanol–water partition coefficient (Wildman–Crippen LogP) is 2.80. The van der Waals surface area contributed by atoms with E-state index in [2.05, 4.69) is 18.7 Å². The summed E-state index contributed by atoms with van der Waals surface area (Å²) in [5.41, 5.74) is 5.93. The Labute approximate surface area is 104 Å². The molecule has 2 N–H and O–H groups in total. The zero-order valence-corrected chi connectivity index (χ0v) is 11.2. The van der Waals surface area contributed by atoms with Crippen molar-refractivity contribution < 1.29 is 4.74 Å². The van der Waals surface area contributed by atoms with Crippen LogP contribution in [0.2, 0.25) is 0 Å². The lowest BCUT2D eigenvalue weighted by molar-refractivity contribution is 0.127. The van der Waals surface area contributed by atoms with Crippen LogP contribution >= 0.6 is 11.8 Å². The summed E-state index contributed by atoms with van der Waals surface area (Å²) in [6.07, 6.45) is 8.59. The fourth-order valence-corrected chi connectivity index (χ4v) is 4.67. The molecular formula is C13H25NOS. The minimum atomic E-state index is 0.451. The van der Waals surface area contributed by atoms with E-state index in [-0.39, 0.29) is 0 Å². The third kappa shape index (κ3) is 3.14. The van der Waals surface area contributed by atoms with Crippen molar-refractivity contribution >= 4 is 11.8 Å². The Hall–Kier alpha value is 0.270. The summed E-state index contributed by atoms with van der Waals surface area (Å²) >= 11 is 2.18. The van der Waals surface area contributed by atoms with Crippen LogP contribution in [0.4, 0.5) is 0 Å². The van der Waals surface area contributed by atoms with Crippen molar-refractivity contribution in [3.05, 3.63) is 0 Å². The Morgan fingerprint density at radius 3 is 2.62 bits per heavy atom. The molecule has 3 heteroatoms. The van der Waals surface area contributed by atoms with Gasteiger partial charge in [-0.2, -0.15) is 11.8 Å². The van der Waals surface area contributed by atoms with Gasteiger partial charge in [-0.1, -0.05) is 19.3 Å². The second kappa shape index (κ2) is 6.27. The molecule has 0 spiro atoms. The molecule has 1 aliphatic heterocycles. The average Bonchev–Trinajstić information content (AvgIpc) is 2.56. The number of nitrogens with two attached hydrogens (primary N) is 1. The number of thioether (sulfide) groups is 1. The second-order valence-electron chi connectivity index (χ2n) is 5.21. The summed E-state index contributed by atoms with van der Waals surface area (Å²) in [4.78, 5) is 0. The lowest BCUT2D eigenvalue weighted by atomic mass is 10.0. The molecule has 1 heterocycles. The Morgan fingerprint density at radius 2 is 1.94 bits per heavy atom. The third-order valence-electron chi connectivity index (χ3n) is 4.05. The maximum atomic E-state index is 5.93. The van der Waals surface area contributed by atoms with Gasteiger partial charge in [0.15, 0.2) is 0 Å². The molecule has 4 atom stereocenters. The largest absolute Gasteiger partial charge is 0.377 e. The first-order chi connectivity index (χ1) is 7.81. The van der Waals surface area contributed by atoms with Gasteiger partial charge in [0.05, 0.1) is 6.10 Å². The van der Waals surface area contributed by atoms with Crippen LogP contribution in [-0.4, -0.2) is 29.8 Å². The van der Waals surface area contributed by atoms with Crippen LogP contribution in [0.5, 0.6) is 0 Å². The van der Waals surface area contributed by atoms with Crippen molar-refractivity contribution in [2.75, 3.05) is 13.2 Å². The number of hydrogen-bond donors (Lipinski definition) is 1. The van der Waals surface area contributed by atoms with Gasteiger partial charge in [-0.3, -0.25) is 0 Å². The van der Waals surface area contributed by atoms with E-state index >= 15 is 0 Å². The van der Waals surface area contributed by atoms with Crippen LogP contribution in [0.1, 0.15) is 45.4 Å².